The summed E-state index contributed by atoms with van der Waals surface area (Å²) in [7, 11) is 1.74. The molecule has 11 heavy (non-hydrogen) atoms. The highest BCUT2D eigenvalue weighted by Gasteiger charge is 2.09. The molecule has 0 spiro atoms. The van der Waals surface area contributed by atoms with Crippen LogP contribution in [0.1, 0.15) is 0 Å². The van der Waals surface area contributed by atoms with Crippen LogP contribution in [0.25, 0.3) is 0 Å². The van der Waals surface area contributed by atoms with E-state index >= 15 is 0 Å². The Kier molecular flexibility index (Phi) is 2.04. The zero-order valence-electron chi connectivity index (χ0n) is 5.93. The molecule has 0 atom stereocenters. The van der Waals surface area contributed by atoms with Crippen molar-refractivity contribution < 1.29 is 4.79 Å². The molecular weight excluding hydrogens is 164 g/mol. The fraction of sp³-hybridized carbons (Fsp3) is 0.200. The molecule has 0 radical (unpaired) electrons. The van der Waals surface area contributed by atoms with Gasteiger partial charge in [-0.05, 0) is 0 Å². The number of aryl methyl sites for hydroxylation is 1. The second-order valence-corrected chi connectivity index (χ2v) is 2.40. The normalized spacial score (nSPS) is 9.64. The Morgan fingerprint density at radius 3 is 2.91 bits per heavy atom. The highest BCUT2D eigenvalue weighted by molar-refractivity contribution is 7.82. The first-order valence-corrected chi connectivity index (χ1v) is 3.29. The molecule has 0 bridgehead atoms. The van der Waals surface area contributed by atoms with Crippen LogP contribution < -0.4 is 10.0 Å². The van der Waals surface area contributed by atoms with E-state index in [2.05, 4.69) is 17.9 Å². The number of carbonyl (C=O) groups excluding carboxylic acids is 1. The summed E-state index contributed by atoms with van der Waals surface area (Å²) in [6.07, 6.45) is 1.70. The van der Waals surface area contributed by atoms with Gasteiger partial charge in [0.2, 0.25) is 0 Å². The summed E-state index contributed by atoms with van der Waals surface area (Å²) in [6.45, 7) is 0. The first-order chi connectivity index (χ1) is 5.11. The van der Waals surface area contributed by atoms with Crippen LogP contribution in [-0.2, 0) is 7.05 Å². The van der Waals surface area contributed by atoms with Gasteiger partial charge in [-0.25, -0.2) is 9.10 Å². The fourth-order valence-electron chi connectivity index (χ4n) is 0.629. The lowest BCUT2D eigenvalue weighted by molar-refractivity contribution is 0.257. The van der Waals surface area contributed by atoms with Gasteiger partial charge >= 0.3 is 6.03 Å². The summed E-state index contributed by atoms with van der Waals surface area (Å²) >= 11 is 3.81. The second kappa shape index (κ2) is 2.83. The molecule has 1 aromatic rings. The molecule has 1 heterocycles. The molecule has 0 fully saturated rings. The van der Waals surface area contributed by atoms with Gasteiger partial charge in [-0.15, -0.1) is 0 Å². The minimum Gasteiger partial charge on any atom is -0.350 e. The molecule has 1 rings (SSSR count). The Hall–Kier alpha value is -1.17. The topological polar surface area (TPSA) is 64.2 Å². The van der Waals surface area contributed by atoms with Crippen LogP contribution in [0.3, 0.4) is 0 Å². The first kappa shape index (κ1) is 7.93. The number of urea groups is 1. The zero-order valence-corrected chi connectivity index (χ0v) is 6.82. The molecule has 0 aliphatic rings. The predicted octanol–water partition coefficient (Wildman–Crippen LogP) is 0.150. The highest BCUT2D eigenvalue weighted by atomic mass is 32.1. The van der Waals surface area contributed by atoms with Crippen LogP contribution in [0.5, 0.6) is 0 Å². The van der Waals surface area contributed by atoms with E-state index in [1.807, 2.05) is 0 Å². The van der Waals surface area contributed by atoms with Crippen molar-refractivity contribution in [2.75, 3.05) is 4.31 Å². The van der Waals surface area contributed by atoms with Crippen LogP contribution in [-0.4, -0.2) is 15.8 Å². The van der Waals surface area contributed by atoms with Crippen molar-refractivity contribution in [1.82, 2.24) is 9.78 Å². The average molecular weight is 172 g/mol. The molecule has 0 aromatic carbocycles. The van der Waals surface area contributed by atoms with Gasteiger partial charge in [0.15, 0.2) is 5.82 Å². The smallest absolute Gasteiger partial charge is 0.330 e. The Balaban J connectivity index is 2.84. The molecule has 5 nitrogen and oxygen atoms in total. The number of thiol groups is 1. The number of amides is 2. The van der Waals surface area contributed by atoms with Gasteiger partial charge in [-0.2, -0.15) is 5.10 Å². The maximum absolute atomic E-state index is 10.5. The zero-order chi connectivity index (χ0) is 8.43. The summed E-state index contributed by atoms with van der Waals surface area (Å²) in [5, 5.41) is 3.90. The van der Waals surface area contributed by atoms with Crippen molar-refractivity contribution in [3.63, 3.8) is 0 Å². The fourth-order valence-corrected chi connectivity index (χ4v) is 0.735. The third-order valence-corrected chi connectivity index (χ3v) is 1.53. The van der Waals surface area contributed by atoms with E-state index in [4.69, 9.17) is 5.73 Å². The van der Waals surface area contributed by atoms with Gasteiger partial charge < -0.3 is 5.73 Å². The van der Waals surface area contributed by atoms with Crippen molar-refractivity contribution in [2.24, 2.45) is 12.8 Å². The maximum atomic E-state index is 10.5. The van der Waals surface area contributed by atoms with Crippen LogP contribution in [0, 0.1) is 0 Å². The molecule has 60 valence electrons. The Bertz CT molecular complexity index is 271. The molecule has 1 aromatic heterocycles. The summed E-state index contributed by atoms with van der Waals surface area (Å²) < 4.78 is 2.53. The van der Waals surface area contributed by atoms with Gasteiger partial charge in [0, 0.05) is 19.3 Å². The number of nitrogens with two attached hydrogens (primary N) is 1. The largest absolute Gasteiger partial charge is 0.350 e. The number of nitrogens with zero attached hydrogens (tertiary/aromatic N) is 3. The Labute approximate surface area is 69.3 Å². The summed E-state index contributed by atoms with van der Waals surface area (Å²) in [6, 6.07) is 0.990. The lowest BCUT2D eigenvalue weighted by atomic mass is 10.6. The molecular formula is C5H8N4OS. The van der Waals surface area contributed by atoms with E-state index in [9.17, 15) is 4.79 Å². The predicted molar refractivity (Wildman–Crippen MR) is 44.3 cm³/mol. The average Bonchev–Trinajstić information content (AvgIpc) is 2.34. The Morgan fingerprint density at radius 1 is 1.91 bits per heavy atom. The quantitative estimate of drug-likeness (QED) is 0.592. The van der Waals surface area contributed by atoms with Crippen molar-refractivity contribution in [3.8, 4) is 0 Å². The van der Waals surface area contributed by atoms with E-state index in [1.165, 1.54) is 0 Å². The van der Waals surface area contributed by atoms with E-state index in [-0.39, 0.29) is 0 Å². The van der Waals surface area contributed by atoms with E-state index < -0.39 is 6.03 Å². The van der Waals surface area contributed by atoms with Gasteiger partial charge in [-0.1, -0.05) is 12.8 Å². The van der Waals surface area contributed by atoms with Gasteiger partial charge in [0.1, 0.15) is 0 Å². The van der Waals surface area contributed by atoms with E-state index in [0.29, 0.717) is 5.82 Å². The van der Waals surface area contributed by atoms with Crippen molar-refractivity contribution >= 4 is 24.7 Å². The summed E-state index contributed by atoms with van der Waals surface area (Å²) in [5.74, 6) is 0.420. The molecule has 6 heteroatoms. The van der Waals surface area contributed by atoms with Gasteiger partial charge in [0.25, 0.3) is 0 Å². The van der Waals surface area contributed by atoms with Crippen LogP contribution in [0.2, 0.25) is 0 Å². The molecule has 2 N–H and O–H groups in total. The van der Waals surface area contributed by atoms with Crippen LogP contribution in [0.15, 0.2) is 12.3 Å². The van der Waals surface area contributed by atoms with E-state index in [0.717, 1.165) is 4.31 Å². The van der Waals surface area contributed by atoms with E-state index in [1.54, 1.807) is 24.0 Å². The molecule has 0 aliphatic carbocycles. The van der Waals surface area contributed by atoms with Crippen molar-refractivity contribution in [1.29, 1.82) is 0 Å². The molecule has 0 unspecified atom stereocenters. The third kappa shape index (κ3) is 1.64. The Morgan fingerprint density at radius 2 is 2.55 bits per heavy atom. The SMILES string of the molecule is Cn1ccc(N(S)C(N)=O)n1. The number of primary amides is 1. The number of hydrogen-bond donors (Lipinski definition) is 2. The maximum Gasteiger partial charge on any atom is 0.330 e. The monoisotopic (exact) mass is 172 g/mol. The standard InChI is InChI=1S/C5H8N4OS/c1-8-3-2-4(7-8)9(11)5(6)10/h2-3,11H,1H3,(H2,6,10). The summed E-state index contributed by atoms with van der Waals surface area (Å²) in [4.78, 5) is 10.5. The minimum absolute atomic E-state index is 0.420. The minimum atomic E-state index is -0.646. The van der Waals surface area contributed by atoms with Crippen LogP contribution in [0.4, 0.5) is 10.6 Å². The number of carbonyl (C=O) groups is 1. The highest BCUT2D eigenvalue weighted by Crippen LogP contribution is 2.10. The number of anilines is 1. The molecule has 0 aliphatic heterocycles. The van der Waals surface area contributed by atoms with Gasteiger partial charge in [-0.3, -0.25) is 4.68 Å². The number of rotatable bonds is 1. The van der Waals surface area contributed by atoms with Gasteiger partial charge in [0.05, 0.1) is 0 Å². The summed E-state index contributed by atoms with van der Waals surface area (Å²) in [5.41, 5.74) is 4.94. The lowest BCUT2D eigenvalue weighted by Gasteiger charge is -2.06. The molecule has 0 saturated heterocycles. The second-order valence-electron chi connectivity index (χ2n) is 2.00. The van der Waals surface area contributed by atoms with Crippen molar-refractivity contribution in [3.05, 3.63) is 12.3 Å². The third-order valence-electron chi connectivity index (χ3n) is 1.13. The number of aromatic nitrogens is 2. The molecule has 0 saturated carbocycles. The molecule has 2 amide bonds. The lowest BCUT2D eigenvalue weighted by Crippen LogP contribution is -2.27. The van der Waals surface area contributed by atoms with Crippen LogP contribution >= 0.6 is 12.8 Å². The van der Waals surface area contributed by atoms with Crippen molar-refractivity contribution in [2.45, 2.75) is 0 Å². The first-order valence-electron chi connectivity index (χ1n) is 2.89. The number of hydrogen-bond acceptors (Lipinski definition) is 3.